The fourth-order valence-electron chi connectivity index (χ4n) is 2.42. The highest BCUT2D eigenvalue weighted by molar-refractivity contribution is 7.80. The lowest BCUT2D eigenvalue weighted by atomic mass is 10.1. The lowest BCUT2D eigenvalue weighted by Gasteiger charge is -2.13. The van der Waals surface area contributed by atoms with Crippen LogP contribution in [0.2, 0.25) is 0 Å². The highest BCUT2D eigenvalue weighted by Crippen LogP contribution is 2.30. The SMILES string of the molecule is O=[N+]([O-])c1ccccc1NC(=S)Nc1cccc2c(O)cccc12. The summed E-state index contributed by atoms with van der Waals surface area (Å²) in [5.41, 5.74) is 0.944. The van der Waals surface area contributed by atoms with E-state index in [0.717, 1.165) is 5.39 Å². The fraction of sp³-hybridized carbons (Fsp3) is 0. The number of hydrogen-bond acceptors (Lipinski definition) is 4. The van der Waals surface area contributed by atoms with Gasteiger partial charge in [0, 0.05) is 22.5 Å². The van der Waals surface area contributed by atoms with Gasteiger partial charge in [-0.2, -0.15) is 0 Å². The van der Waals surface area contributed by atoms with Crippen LogP contribution in [0.15, 0.2) is 60.7 Å². The predicted octanol–water partition coefficient (Wildman–Crippen LogP) is 4.26. The zero-order chi connectivity index (χ0) is 17.1. The lowest BCUT2D eigenvalue weighted by Crippen LogP contribution is -2.19. The standard InChI is InChI=1S/C17H13N3O3S/c21-16-10-4-5-11-12(16)6-3-8-13(11)18-17(24)19-14-7-1-2-9-15(14)20(22)23/h1-10,21H,(H2,18,19,24). The smallest absolute Gasteiger partial charge is 0.292 e. The van der Waals surface area contributed by atoms with Crippen LogP contribution in [0.1, 0.15) is 0 Å². The molecule has 0 radical (unpaired) electrons. The van der Waals surface area contributed by atoms with Crippen LogP contribution in [-0.4, -0.2) is 15.1 Å². The molecule has 3 N–H and O–H groups in total. The first-order valence-corrected chi connectivity index (χ1v) is 7.49. The maximum absolute atomic E-state index is 11.0. The second-order valence-corrected chi connectivity index (χ2v) is 5.44. The molecule has 3 aromatic rings. The van der Waals surface area contributed by atoms with Gasteiger partial charge in [0.05, 0.1) is 4.92 Å². The monoisotopic (exact) mass is 339 g/mol. The Morgan fingerprint density at radius 2 is 1.54 bits per heavy atom. The maximum Gasteiger partial charge on any atom is 0.292 e. The number of anilines is 2. The number of fused-ring (bicyclic) bond motifs is 1. The molecule has 0 saturated carbocycles. The van der Waals surface area contributed by atoms with Gasteiger partial charge in [-0.3, -0.25) is 10.1 Å². The van der Waals surface area contributed by atoms with Gasteiger partial charge >= 0.3 is 0 Å². The molecule has 0 aliphatic rings. The molecule has 6 nitrogen and oxygen atoms in total. The largest absolute Gasteiger partial charge is 0.507 e. The Balaban J connectivity index is 1.87. The van der Waals surface area contributed by atoms with E-state index < -0.39 is 4.92 Å². The van der Waals surface area contributed by atoms with E-state index in [1.54, 1.807) is 42.5 Å². The Bertz CT molecular complexity index is 943. The van der Waals surface area contributed by atoms with Crippen molar-refractivity contribution < 1.29 is 10.0 Å². The van der Waals surface area contributed by atoms with Crippen molar-refractivity contribution in [2.24, 2.45) is 0 Å². The van der Waals surface area contributed by atoms with Crippen LogP contribution in [0.3, 0.4) is 0 Å². The number of thiocarbonyl (C=S) groups is 1. The van der Waals surface area contributed by atoms with E-state index in [-0.39, 0.29) is 16.5 Å². The van der Waals surface area contributed by atoms with Gasteiger partial charge in [0.1, 0.15) is 11.4 Å². The van der Waals surface area contributed by atoms with Gasteiger partial charge in [-0.1, -0.05) is 36.4 Å². The summed E-state index contributed by atoms with van der Waals surface area (Å²) in [5, 5.41) is 28.5. The van der Waals surface area contributed by atoms with Gasteiger partial charge in [0.15, 0.2) is 5.11 Å². The second kappa shape index (κ2) is 6.51. The summed E-state index contributed by atoms with van der Waals surface area (Å²) in [6.07, 6.45) is 0. The fourth-order valence-corrected chi connectivity index (χ4v) is 2.64. The minimum absolute atomic E-state index is 0.0581. The van der Waals surface area contributed by atoms with E-state index in [9.17, 15) is 15.2 Å². The number of hydrogen-bond donors (Lipinski definition) is 3. The number of nitrogens with zero attached hydrogens (tertiary/aromatic N) is 1. The van der Waals surface area contributed by atoms with Crippen molar-refractivity contribution in [1.82, 2.24) is 0 Å². The highest BCUT2D eigenvalue weighted by Gasteiger charge is 2.13. The zero-order valence-corrected chi connectivity index (χ0v) is 13.2. The normalized spacial score (nSPS) is 10.3. The van der Waals surface area contributed by atoms with Gasteiger partial charge in [-0.05, 0) is 30.4 Å². The Labute approximate surface area is 142 Å². The zero-order valence-electron chi connectivity index (χ0n) is 12.4. The molecule has 0 aliphatic heterocycles. The average molecular weight is 339 g/mol. The van der Waals surface area contributed by atoms with Crippen molar-refractivity contribution in [3.63, 3.8) is 0 Å². The Hall–Kier alpha value is -3.19. The minimum atomic E-state index is -0.471. The Morgan fingerprint density at radius 1 is 0.917 bits per heavy atom. The van der Waals surface area contributed by atoms with Crippen LogP contribution >= 0.6 is 12.2 Å². The molecule has 0 fully saturated rings. The highest BCUT2D eigenvalue weighted by atomic mass is 32.1. The van der Waals surface area contributed by atoms with Gasteiger partial charge in [-0.25, -0.2) is 0 Å². The molecule has 24 heavy (non-hydrogen) atoms. The molecule has 120 valence electrons. The van der Waals surface area contributed by atoms with E-state index >= 15 is 0 Å². The molecule has 0 amide bonds. The van der Waals surface area contributed by atoms with Crippen molar-refractivity contribution in [2.75, 3.05) is 10.6 Å². The van der Waals surface area contributed by atoms with E-state index in [1.165, 1.54) is 6.07 Å². The minimum Gasteiger partial charge on any atom is -0.507 e. The summed E-state index contributed by atoms with van der Waals surface area (Å²) in [7, 11) is 0. The number of nitro groups is 1. The van der Waals surface area contributed by atoms with E-state index in [4.69, 9.17) is 12.2 Å². The molecule has 0 unspecified atom stereocenters. The first-order valence-electron chi connectivity index (χ1n) is 7.08. The summed E-state index contributed by atoms with van der Waals surface area (Å²) >= 11 is 5.25. The molecule has 0 saturated heterocycles. The lowest BCUT2D eigenvalue weighted by molar-refractivity contribution is -0.383. The van der Waals surface area contributed by atoms with Crippen molar-refractivity contribution in [2.45, 2.75) is 0 Å². The van der Waals surface area contributed by atoms with Gasteiger partial charge < -0.3 is 15.7 Å². The first kappa shape index (κ1) is 15.7. The van der Waals surface area contributed by atoms with Crippen molar-refractivity contribution in [1.29, 1.82) is 0 Å². The number of nitro benzene ring substituents is 1. The third-order valence-electron chi connectivity index (χ3n) is 3.50. The molecule has 0 aliphatic carbocycles. The summed E-state index contributed by atoms with van der Waals surface area (Å²) in [5.74, 6) is 0.175. The molecule has 0 heterocycles. The number of para-hydroxylation sites is 2. The summed E-state index contributed by atoms with van der Waals surface area (Å²) in [6, 6.07) is 16.9. The number of aromatic hydroxyl groups is 1. The maximum atomic E-state index is 11.0. The molecule has 3 aromatic carbocycles. The molecular weight excluding hydrogens is 326 g/mol. The molecule has 0 bridgehead atoms. The summed E-state index contributed by atoms with van der Waals surface area (Å²) in [6.45, 7) is 0. The summed E-state index contributed by atoms with van der Waals surface area (Å²) < 4.78 is 0. The number of rotatable bonds is 3. The third-order valence-corrected chi connectivity index (χ3v) is 3.70. The van der Waals surface area contributed by atoms with E-state index in [1.807, 2.05) is 12.1 Å². The topological polar surface area (TPSA) is 87.4 Å². The van der Waals surface area contributed by atoms with Crippen LogP contribution in [0.4, 0.5) is 17.1 Å². The van der Waals surface area contributed by atoms with Crippen LogP contribution < -0.4 is 10.6 Å². The Kier molecular flexibility index (Phi) is 4.26. The number of phenols is 1. The number of phenolic OH excluding ortho intramolecular Hbond substituents is 1. The molecule has 0 spiro atoms. The van der Waals surface area contributed by atoms with Gasteiger partial charge in [0.25, 0.3) is 5.69 Å². The number of nitrogens with one attached hydrogen (secondary N) is 2. The third kappa shape index (κ3) is 3.11. The van der Waals surface area contributed by atoms with Crippen LogP contribution in [0, 0.1) is 10.1 Å². The molecule has 7 heteroatoms. The van der Waals surface area contributed by atoms with Crippen molar-refractivity contribution >= 4 is 45.2 Å². The molecule has 3 rings (SSSR count). The van der Waals surface area contributed by atoms with Gasteiger partial charge in [-0.15, -0.1) is 0 Å². The van der Waals surface area contributed by atoms with Crippen LogP contribution in [0.25, 0.3) is 10.8 Å². The van der Waals surface area contributed by atoms with Gasteiger partial charge in [0.2, 0.25) is 0 Å². The number of benzene rings is 3. The first-order chi connectivity index (χ1) is 11.6. The summed E-state index contributed by atoms with van der Waals surface area (Å²) in [4.78, 5) is 10.6. The Morgan fingerprint density at radius 3 is 2.33 bits per heavy atom. The van der Waals surface area contributed by atoms with Crippen molar-refractivity contribution in [3.05, 3.63) is 70.8 Å². The van der Waals surface area contributed by atoms with Crippen molar-refractivity contribution in [3.8, 4) is 5.75 Å². The van der Waals surface area contributed by atoms with Crippen LogP contribution in [0.5, 0.6) is 5.75 Å². The van der Waals surface area contributed by atoms with Crippen LogP contribution in [-0.2, 0) is 0 Å². The quantitative estimate of drug-likeness (QED) is 0.375. The molecule has 0 aromatic heterocycles. The van der Waals surface area contributed by atoms with E-state index in [2.05, 4.69) is 10.6 Å². The predicted molar refractivity (Wildman–Crippen MR) is 98.6 cm³/mol. The van der Waals surface area contributed by atoms with E-state index in [0.29, 0.717) is 16.8 Å². The molecular formula is C17H13N3O3S. The average Bonchev–Trinajstić information content (AvgIpc) is 2.56. The second-order valence-electron chi connectivity index (χ2n) is 5.03. The molecule has 0 atom stereocenters.